The Morgan fingerprint density at radius 3 is 2.25 bits per heavy atom. The molecular weight excluding hydrogens is 252 g/mol. The van der Waals surface area contributed by atoms with Crippen molar-refractivity contribution in [3.8, 4) is 11.5 Å². The minimum Gasteiger partial charge on any atom is -0.496 e. The Labute approximate surface area is 123 Å². The van der Waals surface area contributed by atoms with E-state index in [-0.39, 0.29) is 0 Å². The lowest BCUT2D eigenvalue weighted by atomic mass is 10.1. The highest BCUT2D eigenvalue weighted by Gasteiger charge is 2.11. The lowest BCUT2D eigenvalue weighted by Crippen LogP contribution is -2.31. The predicted octanol–water partition coefficient (Wildman–Crippen LogP) is 2.38. The maximum atomic E-state index is 5.42. The van der Waals surface area contributed by atoms with E-state index in [2.05, 4.69) is 31.1 Å². The number of likely N-dealkylation sites (N-methyl/N-ethyl adjacent to an activating group) is 1. The molecule has 0 saturated carbocycles. The molecule has 0 radical (unpaired) electrons. The molecule has 1 aromatic carbocycles. The average molecular weight is 280 g/mol. The first kappa shape index (κ1) is 16.8. The fourth-order valence-corrected chi connectivity index (χ4v) is 2.09. The Balaban J connectivity index is 2.54. The zero-order valence-corrected chi connectivity index (χ0v) is 13.4. The van der Waals surface area contributed by atoms with E-state index in [0.29, 0.717) is 5.92 Å². The van der Waals surface area contributed by atoms with Gasteiger partial charge in [-0.1, -0.05) is 19.9 Å². The van der Waals surface area contributed by atoms with Crippen LogP contribution in [0.5, 0.6) is 11.5 Å². The largest absolute Gasteiger partial charge is 0.496 e. The second-order valence-electron chi connectivity index (χ2n) is 5.48. The average Bonchev–Trinajstić information content (AvgIpc) is 2.43. The molecule has 0 heterocycles. The second kappa shape index (κ2) is 8.82. The summed E-state index contributed by atoms with van der Waals surface area (Å²) in [5.74, 6) is 2.45. The third-order valence-electron chi connectivity index (χ3n) is 3.18. The standard InChI is InChI=1S/C16H28N2O2/c1-13(2)11-17-9-10-18(3)12-14-15(19-4)7-6-8-16(14)20-5/h6-8,13,17H,9-12H2,1-5H3. The van der Waals surface area contributed by atoms with Gasteiger partial charge in [0, 0.05) is 19.6 Å². The first-order valence-electron chi connectivity index (χ1n) is 7.17. The molecule has 0 aliphatic rings. The van der Waals surface area contributed by atoms with Crippen molar-refractivity contribution >= 4 is 0 Å². The fraction of sp³-hybridized carbons (Fsp3) is 0.625. The van der Waals surface area contributed by atoms with Gasteiger partial charge in [0.05, 0.1) is 19.8 Å². The van der Waals surface area contributed by atoms with Crippen LogP contribution >= 0.6 is 0 Å². The van der Waals surface area contributed by atoms with Gasteiger partial charge < -0.3 is 19.7 Å². The molecule has 4 heteroatoms. The lowest BCUT2D eigenvalue weighted by Gasteiger charge is -2.20. The van der Waals surface area contributed by atoms with Gasteiger partial charge in [-0.05, 0) is 31.6 Å². The Morgan fingerprint density at radius 1 is 1.15 bits per heavy atom. The van der Waals surface area contributed by atoms with Gasteiger partial charge in [-0.25, -0.2) is 0 Å². The van der Waals surface area contributed by atoms with Crippen LogP contribution in [0, 0.1) is 5.92 Å². The molecule has 0 aromatic heterocycles. The Bertz CT molecular complexity index is 372. The van der Waals surface area contributed by atoms with Gasteiger partial charge >= 0.3 is 0 Å². The van der Waals surface area contributed by atoms with Gasteiger partial charge in [-0.2, -0.15) is 0 Å². The maximum Gasteiger partial charge on any atom is 0.127 e. The van der Waals surface area contributed by atoms with E-state index in [1.807, 2.05) is 18.2 Å². The molecular formula is C16H28N2O2. The van der Waals surface area contributed by atoms with Crippen molar-refractivity contribution in [2.75, 3.05) is 40.9 Å². The van der Waals surface area contributed by atoms with Crippen molar-refractivity contribution in [1.29, 1.82) is 0 Å². The van der Waals surface area contributed by atoms with Crippen LogP contribution in [0.25, 0.3) is 0 Å². The van der Waals surface area contributed by atoms with Crippen LogP contribution < -0.4 is 14.8 Å². The Kier molecular flexibility index (Phi) is 7.41. The number of hydrogen-bond acceptors (Lipinski definition) is 4. The van der Waals surface area contributed by atoms with Crippen LogP contribution in [-0.2, 0) is 6.54 Å². The third-order valence-corrected chi connectivity index (χ3v) is 3.18. The van der Waals surface area contributed by atoms with Crippen molar-refractivity contribution in [3.05, 3.63) is 23.8 Å². The van der Waals surface area contributed by atoms with Crippen molar-refractivity contribution in [1.82, 2.24) is 10.2 Å². The van der Waals surface area contributed by atoms with E-state index in [9.17, 15) is 0 Å². The van der Waals surface area contributed by atoms with Crippen molar-refractivity contribution < 1.29 is 9.47 Å². The molecule has 114 valence electrons. The molecule has 1 rings (SSSR count). The van der Waals surface area contributed by atoms with Gasteiger partial charge in [0.15, 0.2) is 0 Å². The molecule has 20 heavy (non-hydrogen) atoms. The van der Waals surface area contributed by atoms with Crippen LogP contribution in [0.1, 0.15) is 19.4 Å². The summed E-state index contributed by atoms with van der Waals surface area (Å²) in [4.78, 5) is 2.27. The Hall–Kier alpha value is -1.26. The third kappa shape index (κ3) is 5.39. The number of methoxy groups -OCH3 is 2. The number of ether oxygens (including phenoxy) is 2. The van der Waals surface area contributed by atoms with Gasteiger partial charge in [-0.15, -0.1) is 0 Å². The van der Waals surface area contributed by atoms with Crippen molar-refractivity contribution in [2.45, 2.75) is 20.4 Å². The van der Waals surface area contributed by atoms with Crippen molar-refractivity contribution in [3.63, 3.8) is 0 Å². The second-order valence-corrected chi connectivity index (χ2v) is 5.48. The SMILES string of the molecule is COc1cccc(OC)c1CN(C)CCNCC(C)C. The lowest BCUT2D eigenvalue weighted by molar-refractivity contribution is 0.303. The number of nitrogens with zero attached hydrogens (tertiary/aromatic N) is 1. The number of hydrogen-bond donors (Lipinski definition) is 1. The molecule has 0 fully saturated rings. The van der Waals surface area contributed by atoms with E-state index in [0.717, 1.165) is 43.2 Å². The van der Waals surface area contributed by atoms with Gasteiger partial charge in [0.1, 0.15) is 11.5 Å². The number of nitrogens with one attached hydrogen (secondary N) is 1. The topological polar surface area (TPSA) is 33.7 Å². The fourth-order valence-electron chi connectivity index (χ4n) is 2.09. The normalized spacial score (nSPS) is 11.2. The molecule has 0 atom stereocenters. The van der Waals surface area contributed by atoms with E-state index >= 15 is 0 Å². The smallest absolute Gasteiger partial charge is 0.127 e. The highest BCUT2D eigenvalue weighted by Crippen LogP contribution is 2.29. The van der Waals surface area contributed by atoms with Crippen LogP contribution in [-0.4, -0.2) is 45.8 Å². The van der Waals surface area contributed by atoms with Crippen LogP contribution in [0.3, 0.4) is 0 Å². The first-order valence-corrected chi connectivity index (χ1v) is 7.17. The quantitative estimate of drug-likeness (QED) is 0.704. The Morgan fingerprint density at radius 2 is 1.75 bits per heavy atom. The van der Waals surface area contributed by atoms with Gasteiger partial charge in [0.25, 0.3) is 0 Å². The van der Waals surface area contributed by atoms with Gasteiger partial charge in [0.2, 0.25) is 0 Å². The van der Waals surface area contributed by atoms with E-state index in [1.165, 1.54) is 0 Å². The van der Waals surface area contributed by atoms with Gasteiger partial charge in [-0.3, -0.25) is 0 Å². The molecule has 0 unspecified atom stereocenters. The molecule has 4 nitrogen and oxygen atoms in total. The molecule has 0 aliphatic heterocycles. The predicted molar refractivity (Wildman–Crippen MR) is 83.6 cm³/mol. The maximum absolute atomic E-state index is 5.42. The zero-order valence-electron chi connectivity index (χ0n) is 13.4. The molecule has 0 spiro atoms. The summed E-state index contributed by atoms with van der Waals surface area (Å²) in [5, 5.41) is 3.45. The summed E-state index contributed by atoms with van der Waals surface area (Å²) in [7, 11) is 5.51. The molecule has 0 amide bonds. The minimum absolute atomic E-state index is 0.689. The molecule has 0 bridgehead atoms. The molecule has 0 aliphatic carbocycles. The summed E-state index contributed by atoms with van der Waals surface area (Å²) in [6.07, 6.45) is 0. The number of benzene rings is 1. The van der Waals surface area contributed by atoms with Crippen LogP contribution in [0.4, 0.5) is 0 Å². The minimum atomic E-state index is 0.689. The summed E-state index contributed by atoms with van der Waals surface area (Å²) < 4.78 is 10.8. The summed E-state index contributed by atoms with van der Waals surface area (Å²) in [6.45, 7) is 8.30. The van der Waals surface area contributed by atoms with E-state index < -0.39 is 0 Å². The molecule has 0 saturated heterocycles. The zero-order chi connectivity index (χ0) is 15.0. The number of rotatable bonds is 9. The first-order chi connectivity index (χ1) is 9.58. The molecule has 1 aromatic rings. The summed E-state index contributed by atoms with van der Waals surface area (Å²) >= 11 is 0. The summed E-state index contributed by atoms with van der Waals surface area (Å²) in [6, 6.07) is 5.90. The summed E-state index contributed by atoms with van der Waals surface area (Å²) in [5.41, 5.74) is 1.10. The highest BCUT2D eigenvalue weighted by molar-refractivity contribution is 5.44. The highest BCUT2D eigenvalue weighted by atomic mass is 16.5. The van der Waals surface area contributed by atoms with Crippen molar-refractivity contribution in [2.24, 2.45) is 5.92 Å². The molecule has 1 N–H and O–H groups in total. The van der Waals surface area contributed by atoms with E-state index in [4.69, 9.17) is 9.47 Å². The van der Waals surface area contributed by atoms with Crippen LogP contribution in [0.15, 0.2) is 18.2 Å². The monoisotopic (exact) mass is 280 g/mol. The van der Waals surface area contributed by atoms with E-state index in [1.54, 1.807) is 14.2 Å². The van der Waals surface area contributed by atoms with Crippen LogP contribution in [0.2, 0.25) is 0 Å².